The summed E-state index contributed by atoms with van der Waals surface area (Å²) in [6.45, 7) is -0.0903. The van der Waals surface area contributed by atoms with Gasteiger partial charge in [0.2, 0.25) is 0 Å². The van der Waals surface area contributed by atoms with Gasteiger partial charge in [0.05, 0.1) is 12.3 Å². The predicted octanol–water partition coefficient (Wildman–Crippen LogP) is 3.20. The zero-order valence-corrected chi connectivity index (χ0v) is 9.98. The molecule has 5 heteroatoms. The highest BCUT2D eigenvalue weighted by Gasteiger charge is 2.06. The fraction of sp³-hybridized carbons (Fsp3) is 0.100. The van der Waals surface area contributed by atoms with Gasteiger partial charge in [-0.05, 0) is 18.2 Å². The number of aliphatic hydroxyl groups excluding tert-OH is 1. The number of hydrogen-bond acceptors (Lipinski definition) is 3. The van der Waals surface area contributed by atoms with Crippen LogP contribution in [0.5, 0.6) is 0 Å². The summed E-state index contributed by atoms with van der Waals surface area (Å²) in [5.74, 6) is -0.305. The minimum atomic E-state index is -0.305. The van der Waals surface area contributed by atoms with Gasteiger partial charge in [0.1, 0.15) is 10.8 Å². The Hall–Kier alpha value is -0.780. The number of nitrogens with zero attached hydrogens (tertiary/aromatic N) is 1. The minimum absolute atomic E-state index is 0.0903. The second-order valence-corrected chi connectivity index (χ2v) is 4.73. The van der Waals surface area contributed by atoms with E-state index < -0.39 is 0 Å². The summed E-state index contributed by atoms with van der Waals surface area (Å²) in [6, 6.07) is 4.61. The van der Waals surface area contributed by atoms with Gasteiger partial charge in [0, 0.05) is 15.4 Å². The van der Waals surface area contributed by atoms with Gasteiger partial charge in [-0.1, -0.05) is 15.9 Å². The van der Waals surface area contributed by atoms with E-state index in [9.17, 15) is 4.39 Å². The van der Waals surface area contributed by atoms with Crippen LogP contribution in [-0.2, 0) is 6.61 Å². The molecule has 15 heavy (non-hydrogen) atoms. The summed E-state index contributed by atoms with van der Waals surface area (Å²) in [5, 5.41) is 11.3. The normalized spacial score (nSPS) is 10.6. The Morgan fingerprint density at radius 3 is 2.80 bits per heavy atom. The van der Waals surface area contributed by atoms with E-state index >= 15 is 0 Å². The van der Waals surface area contributed by atoms with Gasteiger partial charge in [0.15, 0.2) is 0 Å². The molecule has 1 heterocycles. The quantitative estimate of drug-likeness (QED) is 0.920. The van der Waals surface area contributed by atoms with E-state index in [0.29, 0.717) is 20.7 Å². The molecule has 0 atom stereocenters. The maximum Gasteiger partial charge on any atom is 0.125 e. The van der Waals surface area contributed by atoms with Crippen LogP contribution in [0.2, 0.25) is 0 Å². The first kappa shape index (κ1) is 10.7. The highest BCUT2D eigenvalue weighted by Crippen LogP contribution is 2.27. The first-order chi connectivity index (χ1) is 7.19. The van der Waals surface area contributed by atoms with E-state index in [1.54, 1.807) is 11.4 Å². The Morgan fingerprint density at radius 2 is 2.20 bits per heavy atom. The topological polar surface area (TPSA) is 33.1 Å². The monoisotopic (exact) mass is 287 g/mol. The fourth-order valence-corrected chi connectivity index (χ4v) is 2.45. The van der Waals surface area contributed by atoms with Crippen LogP contribution in [0.25, 0.3) is 10.6 Å². The second kappa shape index (κ2) is 4.38. The molecule has 1 aromatic heterocycles. The van der Waals surface area contributed by atoms with Crippen molar-refractivity contribution in [3.63, 3.8) is 0 Å². The molecule has 0 saturated carbocycles. The lowest BCUT2D eigenvalue weighted by atomic mass is 10.2. The molecule has 78 valence electrons. The SMILES string of the molecule is OCc1csc(-c2cc(F)cc(Br)c2)n1. The third-order valence-electron chi connectivity index (χ3n) is 1.82. The van der Waals surface area contributed by atoms with Crippen LogP contribution in [-0.4, -0.2) is 10.1 Å². The van der Waals surface area contributed by atoms with Gasteiger partial charge in [0.25, 0.3) is 0 Å². The number of aliphatic hydroxyl groups is 1. The van der Waals surface area contributed by atoms with Crippen LogP contribution in [0.4, 0.5) is 4.39 Å². The van der Waals surface area contributed by atoms with Crippen molar-refractivity contribution in [1.29, 1.82) is 0 Å². The molecule has 1 aromatic carbocycles. The van der Waals surface area contributed by atoms with E-state index in [4.69, 9.17) is 5.11 Å². The molecule has 0 bridgehead atoms. The van der Waals surface area contributed by atoms with Crippen molar-refractivity contribution in [2.45, 2.75) is 6.61 Å². The molecule has 0 aliphatic heterocycles. The van der Waals surface area contributed by atoms with Gasteiger partial charge >= 0.3 is 0 Å². The standard InChI is InChI=1S/C10H7BrFNOS/c11-7-1-6(2-8(12)3-7)10-13-9(4-14)5-15-10/h1-3,5,14H,4H2. The highest BCUT2D eigenvalue weighted by molar-refractivity contribution is 9.10. The lowest BCUT2D eigenvalue weighted by Gasteiger charge is -1.98. The van der Waals surface area contributed by atoms with Crippen molar-refractivity contribution in [2.75, 3.05) is 0 Å². The van der Waals surface area contributed by atoms with Crippen LogP contribution < -0.4 is 0 Å². The zero-order chi connectivity index (χ0) is 10.8. The molecular weight excluding hydrogens is 281 g/mol. The predicted molar refractivity (Wildman–Crippen MR) is 61.1 cm³/mol. The second-order valence-electron chi connectivity index (χ2n) is 2.96. The summed E-state index contributed by atoms with van der Waals surface area (Å²) < 4.78 is 13.8. The number of halogens is 2. The first-order valence-electron chi connectivity index (χ1n) is 4.21. The van der Waals surface area contributed by atoms with Crippen molar-refractivity contribution < 1.29 is 9.50 Å². The highest BCUT2D eigenvalue weighted by atomic mass is 79.9. The first-order valence-corrected chi connectivity index (χ1v) is 5.88. The lowest BCUT2D eigenvalue weighted by Crippen LogP contribution is -1.84. The van der Waals surface area contributed by atoms with E-state index in [2.05, 4.69) is 20.9 Å². The summed E-state index contributed by atoms with van der Waals surface area (Å²) >= 11 is 4.61. The van der Waals surface area contributed by atoms with Crippen molar-refractivity contribution in [3.8, 4) is 10.6 Å². The van der Waals surface area contributed by atoms with Crippen LogP contribution in [0.1, 0.15) is 5.69 Å². The maximum atomic E-state index is 13.1. The third-order valence-corrected chi connectivity index (χ3v) is 3.22. The molecule has 0 aliphatic rings. The summed E-state index contributed by atoms with van der Waals surface area (Å²) in [5.41, 5.74) is 1.32. The number of aromatic nitrogens is 1. The van der Waals surface area contributed by atoms with E-state index in [1.165, 1.54) is 23.5 Å². The summed E-state index contributed by atoms with van der Waals surface area (Å²) in [4.78, 5) is 4.16. The van der Waals surface area contributed by atoms with Gasteiger partial charge in [-0.3, -0.25) is 0 Å². The average molecular weight is 288 g/mol. The van der Waals surface area contributed by atoms with Gasteiger partial charge in [-0.15, -0.1) is 11.3 Å². The van der Waals surface area contributed by atoms with Crippen LogP contribution in [0, 0.1) is 5.82 Å². The summed E-state index contributed by atoms with van der Waals surface area (Å²) in [7, 11) is 0. The van der Waals surface area contributed by atoms with Crippen LogP contribution in [0.3, 0.4) is 0 Å². The summed E-state index contributed by atoms with van der Waals surface area (Å²) in [6.07, 6.45) is 0. The smallest absolute Gasteiger partial charge is 0.125 e. The molecule has 2 aromatic rings. The van der Waals surface area contributed by atoms with E-state index in [0.717, 1.165) is 0 Å². The number of hydrogen-bond donors (Lipinski definition) is 1. The van der Waals surface area contributed by atoms with Crippen molar-refractivity contribution in [2.24, 2.45) is 0 Å². The number of thiazole rings is 1. The van der Waals surface area contributed by atoms with Crippen LogP contribution >= 0.6 is 27.3 Å². The Balaban J connectivity index is 2.44. The molecule has 0 radical (unpaired) electrons. The molecule has 2 nitrogen and oxygen atoms in total. The number of benzene rings is 1. The van der Waals surface area contributed by atoms with Gasteiger partial charge < -0.3 is 5.11 Å². The fourth-order valence-electron chi connectivity index (χ4n) is 1.19. The Kier molecular flexibility index (Phi) is 3.14. The maximum absolute atomic E-state index is 13.1. The number of rotatable bonds is 2. The van der Waals surface area contributed by atoms with Crippen molar-refractivity contribution >= 4 is 27.3 Å². The van der Waals surface area contributed by atoms with Gasteiger partial charge in [-0.2, -0.15) is 0 Å². The van der Waals surface area contributed by atoms with Gasteiger partial charge in [-0.25, -0.2) is 9.37 Å². The minimum Gasteiger partial charge on any atom is -0.390 e. The molecule has 0 fully saturated rings. The zero-order valence-electron chi connectivity index (χ0n) is 7.58. The molecule has 0 saturated heterocycles. The molecular formula is C10H7BrFNOS. The van der Waals surface area contributed by atoms with Crippen LogP contribution in [0.15, 0.2) is 28.1 Å². The van der Waals surface area contributed by atoms with Crippen molar-refractivity contribution in [3.05, 3.63) is 39.6 Å². The molecule has 0 aliphatic carbocycles. The van der Waals surface area contributed by atoms with E-state index in [1.807, 2.05) is 0 Å². The largest absolute Gasteiger partial charge is 0.390 e. The van der Waals surface area contributed by atoms with E-state index in [-0.39, 0.29) is 12.4 Å². The lowest BCUT2D eigenvalue weighted by molar-refractivity contribution is 0.278. The Labute approximate surface area is 98.5 Å². The molecule has 0 amide bonds. The Morgan fingerprint density at radius 1 is 1.40 bits per heavy atom. The Bertz CT molecular complexity index is 466. The molecule has 0 spiro atoms. The molecule has 0 unspecified atom stereocenters. The average Bonchev–Trinajstić information content (AvgIpc) is 2.64. The molecule has 2 rings (SSSR count). The van der Waals surface area contributed by atoms with Crippen molar-refractivity contribution in [1.82, 2.24) is 4.98 Å². The third kappa shape index (κ3) is 2.42. The molecule has 1 N–H and O–H groups in total.